The molecule has 18 heavy (non-hydrogen) atoms. The largest absolute Gasteiger partial charge is 0.373 e. The van der Waals surface area contributed by atoms with Gasteiger partial charge in [-0.2, -0.15) is 0 Å². The summed E-state index contributed by atoms with van der Waals surface area (Å²) >= 11 is 0. The van der Waals surface area contributed by atoms with E-state index in [1.807, 2.05) is 12.3 Å². The van der Waals surface area contributed by atoms with Gasteiger partial charge in [0.1, 0.15) is 0 Å². The third-order valence-electron chi connectivity index (χ3n) is 3.10. The van der Waals surface area contributed by atoms with Gasteiger partial charge < -0.3 is 15.4 Å². The first-order valence-electron chi connectivity index (χ1n) is 6.41. The zero-order valence-corrected chi connectivity index (χ0v) is 11.4. The van der Waals surface area contributed by atoms with E-state index >= 15 is 0 Å². The molecule has 1 saturated heterocycles. The molecule has 0 radical (unpaired) electrons. The third kappa shape index (κ3) is 2.97. The summed E-state index contributed by atoms with van der Waals surface area (Å²) in [6.07, 6.45) is 1.91. The van der Waals surface area contributed by atoms with Crippen LogP contribution >= 0.6 is 0 Å². The fourth-order valence-corrected chi connectivity index (χ4v) is 1.96. The number of ether oxygens (including phenoxy) is 1. The Hall–Kier alpha value is -1.20. The Morgan fingerprint density at radius 3 is 2.94 bits per heavy atom. The first kappa shape index (κ1) is 13.2. The van der Waals surface area contributed by atoms with Gasteiger partial charge in [-0.1, -0.05) is 20.8 Å². The molecule has 1 aliphatic rings. The van der Waals surface area contributed by atoms with Crippen molar-refractivity contribution in [1.82, 2.24) is 9.97 Å². The summed E-state index contributed by atoms with van der Waals surface area (Å²) in [5, 5.41) is 0. The van der Waals surface area contributed by atoms with Crippen LogP contribution < -0.4 is 10.6 Å². The van der Waals surface area contributed by atoms with Crippen molar-refractivity contribution in [3.05, 3.63) is 18.0 Å². The van der Waals surface area contributed by atoms with Crippen LogP contribution in [0.25, 0.3) is 0 Å². The number of anilines is 1. The number of rotatable bonds is 2. The predicted molar refractivity (Wildman–Crippen MR) is 71.7 cm³/mol. The summed E-state index contributed by atoms with van der Waals surface area (Å²) in [5.74, 6) is 0.782. The van der Waals surface area contributed by atoms with Crippen molar-refractivity contribution in [2.45, 2.75) is 32.3 Å². The SMILES string of the molecule is CC(C)(C)c1ccnc(N2CCOC(CN)C2)n1. The molecule has 5 nitrogen and oxygen atoms in total. The van der Waals surface area contributed by atoms with Crippen LogP contribution in [-0.2, 0) is 10.2 Å². The lowest BCUT2D eigenvalue weighted by Gasteiger charge is -2.32. The highest BCUT2D eigenvalue weighted by atomic mass is 16.5. The molecule has 1 aromatic heterocycles. The Kier molecular flexibility index (Phi) is 3.82. The van der Waals surface area contributed by atoms with Crippen LogP contribution in [0, 0.1) is 0 Å². The van der Waals surface area contributed by atoms with Crippen LogP contribution in [0.5, 0.6) is 0 Å². The van der Waals surface area contributed by atoms with Crippen LogP contribution in [-0.4, -0.2) is 42.3 Å². The van der Waals surface area contributed by atoms with Gasteiger partial charge in [-0.25, -0.2) is 9.97 Å². The molecule has 1 aromatic rings. The number of morpholine rings is 1. The summed E-state index contributed by atoms with van der Waals surface area (Å²) in [4.78, 5) is 11.2. The van der Waals surface area contributed by atoms with Crippen LogP contribution in [0.2, 0.25) is 0 Å². The van der Waals surface area contributed by atoms with E-state index in [9.17, 15) is 0 Å². The fourth-order valence-electron chi connectivity index (χ4n) is 1.96. The molecular weight excluding hydrogens is 228 g/mol. The highest BCUT2D eigenvalue weighted by molar-refractivity contribution is 5.32. The van der Waals surface area contributed by atoms with E-state index in [2.05, 4.69) is 35.6 Å². The van der Waals surface area contributed by atoms with Gasteiger partial charge in [0.15, 0.2) is 0 Å². The van der Waals surface area contributed by atoms with Gasteiger partial charge in [0.2, 0.25) is 5.95 Å². The number of nitrogens with two attached hydrogens (primary N) is 1. The van der Waals surface area contributed by atoms with E-state index in [1.165, 1.54) is 0 Å². The minimum absolute atomic E-state index is 0.0389. The predicted octanol–water partition coefficient (Wildman–Crippen LogP) is 0.938. The zero-order valence-electron chi connectivity index (χ0n) is 11.4. The quantitative estimate of drug-likeness (QED) is 0.846. The monoisotopic (exact) mass is 250 g/mol. The van der Waals surface area contributed by atoms with Crippen LogP contribution in [0.4, 0.5) is 5.95 Å². The maximum absolute atomic E-state index is 5.65. The Balaban J connectivity index is 2.18. The zero-order chi connectivity index (χ0) is 13.2. The van der Waals surface area contributed by atoms with Gasteiger partial charge >= 0.3 is 0 Å². The first-order valence-corrected chi connectivity index (χ1v) is 6.41. The molecule has 2 heterocycles. The molecule has 1 aliphatic heterocycles. The second-order valence-corrected chi connectivity index (χ2v) is 5.67. The van der Waals surface area contributed by atoms with Gasteiger partial charge in [-0.15, -0.1) is 0 Å². The molecular formula is C13H22N4O. The molecule has 2 N–H and O–H groups in total. The lowest BCUT2D eigenvalue weighted by atomic mass is 9.92. The molecule has 0 bridgehead atoms. The molecule has 2 rings (SSSR count). The van der Waals surface area contributed by atoms with Crippen molar-refractivity contribution in [2.75, 3.05) is 31.1 Å². The number of aromatic nitrogens is 2. The van der Waals surface area contributed by atoms with E-state index in [-0.39, 0.29) is 11.5 Å². The molecule has 0 amide bonds. The fraction of sp³-hybridized carbons (Fsp3) is 0.692. The molecule has 1 atom stereocenters. The minimum Gasteiger partial charge on any atom is -0.373 e. The highest BCUT2D eigenvalue weighted by Crippen LogP contribution is 2.22. The average molecular weight is 250 g/mol. The maximum Gasteiger partial charge on any atom is 0.225 e. The normalized spacial score (nSPS) is 21.1. The van der Waals surface area contributed by atoms with Gasteiger partial charge in [0, 0.05) is 31.2 Å². The maximum atomic E-state index is 5.65. The van der Waals surface area contributed by atoms with Gasteiger partial charge in [-0.05, 0) is 6.07 Å². The summed E-state index contributed by atoms with van der Waals surface area (Å²) < 4.78 is 5.55. The molecule has 0 aliphatic carbocycles. The molecule has 5 heteroatoms. The Bertz CT molecular complexity index is 402. The topological polar surface area (TPSA) is 64.3 Å². The lowest BCUT2D eigenvalue weighted by molar-refractivity contribution is 0.0460. The summed E-state index contributed by atoms with van der Waals surface area (Å²) in [5.41, 5.74) is 6.75. The minimum atomic E-state index is 0.0389. The van der Waals surface area contributed by atoms with Crippen LogP contribution in [0.15, 0.2) is 12.3 Å². The second kappa shape index (κ2) is 5.20. The van der Waals surface area contributed by atoms with Crippen molar-refractivity contribution < 1.29 is 4.74 Å². The molecule has 1 unspecified atom stereocenters. The van der Waals surface area contributed by atoms with Gasteiger partial charge in [-0.3, -0.25) is 0 Å². The Morgan fingerprint density at radius 1 is 1.50 bits per heavy atom. The Labute approximate surface area is 108 Å². The summed E-state index contributed by atoms with van der Waals surface area (Å²) in [7, 11) is 0. The Morgan fingerprint density at radius 2 is 2.28 bits per heavy atom. The average Bonchev–Trinajstić information content (AvgIpc) is 2.38. The molecule has 100 valence electrons. The standard InChI is InChI=1S/C13H22N4O/c1-13(2,3)11-4-5-15-12(16-11)17-6-7-18-10(8-14)9-17/h4-5,10H,6-9,14H2,1-3H3. The first-order chi connectivity index (χ1) is 8.50. The van der Waals surface area contributed by atoms with Crippen molar-refractivity contribution >= 4 is 5.95 Å². The third-order valence-corrected chi connectivity index (χ3v) is 3.10. The number of hydrogen-bond acceptors (Lipinski definition) is 5. The van der Waals surface area contributed by atoms with Crippen LogP contribution in [0.3, 0.4) is 0 Å². The lowest BCUT2D eigenvalue weighted by Crippen LogP contribution is -2.46. The second-order valence-electron chi connectivity index (χ2n) is 5.67. The smallest absolute Gasteiger partial charge is 0.225 e. The van der Waals surface area contributed by atoms with Crippen molar-refractivity contribution in [3.63, 3.8) is 0 Å². The summed E-state index contributed by atoms with van der Waals surface area (Å²) in [6, 6.07) is 1.98. The van der Waals surface area contributed by atoms with E-state index in [4.69, 9.17) is 10.5 Å². The van der Waals surface area contributed by atoms with E-state index in [0.29, 0.717) is 13.2 Å². The van der Waals surface area contributed by atoms with E-state index < -0.39 is 0 Å². The summed E-state index contributed by atoms with van der Waals surface area (Å²) in [6.45, 7) is 9.28. The molecule has 0 saturated carbocycles. The van der Waals surface area contributed by atoms with E-state index in [1.54, 1.807) is 0 Å². The van der Waals surface area contributed by atoms with Crippen molar-refractivity contribution in [3.8, 4) is 0 Å². The van der Waals surface area contributed by atoms with E-state index in [0.717, 1.165) is 24.7 Å². The molecule has 1 fully saturated rings. The number of hydrogen-bond donors (Lipinski definition) is 1. The highest BCUT2D eigenvalue weighted by Gasteiger charge is 2.23. The van der Waals surface area contributed by atoms with Crippen molar-refractivity contribution in [1.29, 1.82) is 0 Å². The van der Waals surface area contributed by atoms with Gasteiger partial charge in [0.25, 0.3) is 0 Å². The van der Waals surface area contributed by atoms with Gasteiger partial charge in [0.05, 0.1) is 18.4 Å². The van der Waals surface area contributed by atoms with Crippen LogP contribution in [0.1, 0.15) is 26.5 Å². The molecule has 0 aromatic carbocycles. The number of nitrogens with zero attached hydrogens (tertiary/aromatic N) is 3. The van der Waals surface area contributed by atoms with Crippen molar-refractivity contribution in [2.24, 2.45) is 5.73 Å². The molecule has 0 spiro atoms.